The molecule has 23 heavy (non-hydrogen) atoms. The van der Waals surface area contributed by atoms with Gasteiger partial charge in [0.2, 0.25) is 11.8 Å². The molecule has 8 heteroatoms. The molecule has 1 fully saturated rings. The largest absolute Gasteiger partial charge is 0.339 e. The van der Waals surface area contributed by atoms with Gasteiger partial charge in [0.1, 0.15) is 0 Å². The van der Waals surface area contributed by atoms with Crippen molar-refractivity contribution in [1.29, 1.82) is 0 Å². The first-order chi connectivity index (χ1) is 11.0. The van der Waals surface area contributed by atoms with Crippen molar-refractivity contribution in [3.05, 3.63) is 28.2 Å². The van der Waals surface area contributed by atoms with Crippen LogP contribution in [0.2, 0.25) is 10.0 Å². The Morgan fingerprint density at radius 1 is 1.26 bits per heavy atom. The van der Waals surface area contributed by atoms with Crippen LogP contribution in [0.25, 0.3) is 0 Å². The summed E-state index contributed by atoms with van der Waals surface area (Å²) in [6, 6.07) is 5.04. The highest BCUT2D eigenvalue weighted by molar-refractivity contribution is 6.44. The van der Waals surface area contributed by atoms with Crippen LogP contribution in [0.15, 0.2) is 18.2 Å². The van der Waals surface area contributed by atoms with Gasteiger partial charge in [-0.15, -0.1) is 0 Å². The van der Waals surface area contributed by atoms with E-state index in [1.54, 1.807) is 35.0 Å². The summed E-state index contributed by atoms with van der Waals surface area (Å²) in [7, 11) is 1.74. The summed E-state index contributed by atoms with van der Waals surface area (Å²) in [4.78, 5) is 27.7. The van der Waals surface area contributed by atoms with Gasteiger partial charge < -0.3 is 15.5 Å². The Hall–Kier alpha value is -1.34. The second kappa shape index (κ2) is 8.49. The Morgan fingerprint density at radius 2 is 1.96 bits per heavy atom. The van der Waals surface area contributed by atoms with E-state index >= 15 is 0 Å². The van der Waals surface area contributed by atoms with E-state index in [4.69, 9.17) is 23.2 Å². The maximum Gasteiger partial charge on any atom is 0.238 e. The van der Waals surface area contributed by atoms with Crippen molar-refractivity contribution in [3.8, 4) is 0 Å². The monoisotopic (exact) mass is 358 g/mol. The van der Waals surface area contributed by atoms with Crippen LogP contribution in [0.3, 0.4) is 0 Å². The van der Waals surface area contributed by atoms with Crippen LogP contribution in [0.1, 0.15) is 0 Å². The van der Waals surface area contributed by atoms with Crippen molar-refractivity contribution in [3.63, 3.8) is 0 Å². The molecule has 0 unspecified atom stereocenters. The van der Waals surface area contributed by atoms with Gasteiger partial charge in [0, 0.05) is 26.2 Å². The Bertz CT molecular complexity index is 577. The number of rotatable bonds is 5. The number of nitrogens with one attached hydrogen (secondary N) is 2. The van der Waals surface area contributed by atoms with E-state index in [0.717, 1.165) is 13.1 Å². The Morgan fingerprint density at radius 3 is 2.65 bits per heavy atom. The van der Waals surface area contributed by atoms with Gasteiger partial charge in [0.25, 0.3) is 0 Å². The number of benzene rings is 1. The number of hydrogen-bond acceptors (Lipinski definition) is 4. The van der Waals surface area contributed by atoms with Gasteiger partial charge in [0.05, 0.1) is 28.8 Å². The summed E-state index contributed by atoms with van der Waals surface area (Å²) in [5, 5.41) is 6.59. The van der Waals surface area contributed by atoms with Gasteiger partial charge in [0.15, 0.2) is 0 Å². The first kappa shape index (κ1) is 18.0. The van der Waals surface area contributed by atoms with Crippen molar-refractivity contribution >= 4 is 40.7 Å². The predicted octanol–water partition coefficient (Wildman–Crippen LogP) is 1.30. The molecule has 0 aliphatic carbocycles. The number of carbonyl (C=O) groups excluding carboxylic acids is 2. The van der Waals surface area contributed by atoms with Crippen LogP contribution in [0.5, 0.6) is 0 Å². The molecule has 1 aromatic rings. The Balaban J connectivity index is 1.82. The summed E-state index contributed by atoms with van der Waals surface area (Å²) in [6.45, 7) is 3.33. The molecule has 6 nitrogen and oxygen atoms in total. The fourth-order valence-corrected chi connectivity index (χ4v) is 2.68. The zero-order valence-electron chi connectivity index (χ0n) is 12.9. The average Bonchev–Trinajstić information content (AvgIpc) is 2.52. The molecule has 0 bridgehead atoms. The van der Waals surface area contributed by atoms with E-state index in [-0.39, 0.29) is 24.9 Å². The lowest BCUT2D eigenvalue weighted by Gasteiger charge is -2.29. The number of likely N-dealkylation sites (N-methyl/N-ethyl adjacent to an activating group) is 1. The molecule has 0 saturated carbocycles. The lowest BCUT2D eigenvalue weighted by atomic mass is 10.3. The third kappa shape index (κ3) is 5.35. The van der Waals surface area contributed by atoms with Crippen molar-refractivity contribution in [2.45, 2.75) is 0 Å². The number of hydrogen-bond donors (Lipinski definition) is 2. The summed E-state index contributed by atoms with van der Waals surface area (Å²) in [5.41, 5.74) is 0.464. The molecule has 0 radical (unpaired) electrons. The maximum atomic E-state index is 12.1. The molecule has 2 N–H and O–H groups in total. The molecular formula is C15H20Cl2N4O2. The number of nitrogens with zero attached hydrogens (tertiary/aromatic N) is 2. The highest BCUT2D eigenvalue weighted by atomic mass is 35.5. The fourth-order valence-electron chi connectivity index (χ4n) is 2.34. The predicted molar refractivity (Wildman–Crippen MR) is 92.0 cm³/mol. The van der Waals surface area contributed by atoms with Crippen LogP contribution in [-0.2, 0) is 9.59 Å². The van der Waals surface area contributed by atoms with E-state index < -0.39 is 0 Å². The quantitative estimate of drug-likeness (QED) is 0.832. The highest BCUT2D eigenvalue weighted by Crippen LogP contribution is 2.29. The van der Waals surface area contributed by atoms with Gasteiger partial charge in [-0.1, -0.05) is 29.3 Å². The zero-order valence-corrected chi connectivity index (χ0v) is 14.5. The lowest BCUT2D eigenvalue weighted by molar-refractivity contribution is -0.133. The van der Waals surface area contributed by atoms with Crippen molar-refractivity contribution in [1.82, 2.24) is 15.1 Å². The maximum absolute atomic E-state index is 12.1. The normalized spacial score (nSPS) is 14.9. The molecule has 0 atom stereocenters. The Labute approximate surface area is 145 Å². The molecule has 1 aliphatic rings. The van der Waals surface area contributed by atoms with Crippen LogP contribution < -0.4 is 10.6 Å². The van der Waals surface area contributed by atoms with Gasteiger partial charge in [-0.3, -0.25) is 14.5 Å². The average molecular weight is 359 g/mol. The minimum atomic E-state index is -0.246. The molecule has 2 rings (SSSR count). The third-order valence-electron chi connectivity index (χ3n) is 3.51. The number of piperazine rings is 1. The van der Waals surface area contributed by atoms with Crippen LogP contribution >= 0.6 is 23.2 Å². The molecule has 1 aromatic carbocycles. The smallest absolute Gasteiger partial charge is 0.238 e. The fraction of sp³-hybridized carbons (Fsp3) is 0.467. The van der Waals surface area contributed by atoms with E-state index in [9.17, 15) is 9.59 Å². The first-order valence-corrected chi connectivity index (χ1v) is 8.14. The minimum Gasteiger partial charge on any atom is -0.339 e. The SMILES string of the molecule is CN(CC(=O)Nc1cccc(Cl)c1Cl)CC(=O)N1CCNCC1. The second-order valence-corrected chi connectivity index (χ2v) is 6.24. The number of carbonyl (C=O) groups is 2. The summed E-state index contributed by atoms with van der Waals surface area (Å²) >= 11 is 11.9. The topological polar surface area (TPSA) is 64.7 Å². The molecule has 0 spiro atoms. The lowest BCUT2D eigenvalue weighted by Crippen LogP contribution is -2.49. The van der Waals surface area contributed by atoms with Crippen molar-refractivity contribution < 1.29 is 9.59 Å². The van der Waals surface area contributed by atoms with Gasteiger partial charge in [-0.2, -0.15) is 0 Å². The molecular weight excluding hydrogens is 339 g/mol. The van der Waals surface area contributed by atoms with Crippen molar-refractivity contribution in [2.75, 3.05) is 51.6 Å². The van der Waals surface area contributed by atoms with Crippen LogP contribution in [-0.4, -0.2) is 67.9 Å². The van der Waals surface area contributed by atoms with Crippen LogP contribution in [0.4, 0.5) is 5.69 Å². The first-order valence-electron chi connectivity index (χ1n) is 7.38. The van der Waals surface area contributed by atoms with Crippen LogP contribution in [0, 0.1) is 0 Å². The number of amides is 2. The summed E-state index contributed by atoms with van der Waals surface area (Å²) in [6.07, 6.45) is 0. The second-order valence-electron chi connectivity index (χ2n) is 5.45. The Kier molecular flexibility index (Phi) is 6.65. The summed E-state index contributed by atoms with van der Waals surface area (Å²) in [5.74, 6) is -0.215. The molecule has 126 valence electrons. The molecule has 2 amide bonds. The van der Waals surface area contributed by atoms with Gasteiger partial charge in [-0.25, -0.2) is 0 Å². The zero-order chi connectivity index (χ0) is 16.8. The van der Waals surface area contributed by atoms with E-state index in [1.165, 1.54) is 0 Å². The number of anilines is 1. The van der Waals surface area contributed by atoms with E-state index in [2.05, 4.69) is 10.6 Å². The van der Waals surface area contributed by atoms with Crippen molar-refractivity contribution in [2.24, 2.45) is 0 Å². The van der Waals surface area contributed by atoms with E-state index in [0.29, 0.717) is 28.8 Å². The van der Waals surface area contributed by atoms with E-state index in [1.807, 2.05) is 0 Å². The molecule has 1 heterocycles. The summed E-state index contributed by atoms with van der Waals surface area (Å²) < 4.78 is 0. The highest BCUT2D eigenvalue weighted by Gasteiger charge is 2.19. The number of halogens is 2. The third-order valence-corrected chi connectivity index (χ3v) is 4.33. The van der Waals surface area contributed by atoms with Gasteiger partial charge in [-0.05, 0) is 19.2 Å². The standard InChI is InChI=1S/C15H20Cl2N4O2/c1-20(10-14(23)21-7-5-18-6-8-21)9-13(22)19-12-4-2-3-11(16)15(12)17/h2-4,18H,5-10H2,1H3,(H,19,22). The minimum absolute atomic E-state index is 0.0302. The molecule has 1 aliphatic heterocycles. The van der Waals surface area contributed by atoms with Gasteiger partial charge >= 0.3 is 0 Å². The molecule has 0 aromatic heterocycles. The molecule has 1 saturated heterocycles.